The van der Waals surface area contributed by atoms with Crippen molar-refractivity contribution >= 4 is 32.8 Å². The number of rotatable bonds is 2. The van der Waals surface area contributed by atoms with E-state index in [1.165, 1.54) is 19.1 Å². The van der Waals surface area contributed by atoms with Crippen LogP contribution in [0.3, 0.4) is 0 Å². The molecule has 1 aromatic carbocycles. The standard InChI is InChI=1S/C9H8N2O5S/c1-5(12)10-6-2-3-7-8(4-6)16-9(11-7)17(13,14)15/h2-4H,1H3,(H,10,12)(H,13,14,15). The summed E-state index contributed by atoms with van der Waals surface area (Å²) in [5.41, 5.74) is 0.874. The highest BCUT2D eigenvalue weighted by Gasteiger charge is 2.18. The van der Waals surface area contributed by atoms with Crippen molar-refractivity contribution in [3.8, 4) is 0 Å². The van der Waals surface area contributed by atoms with E-state index in [9.17, 15) is 13.2 Å². The number of nitrogens with one attached hydrogen (secondary N) is 1. The molecule has 0 bridgehead atoms. The van der Waals surface area contributed by atoms with Gasteiger partial charge in [0, 0.05) is 18.7 Å². The first-order chi connectivity index (χ1) is 7.86. The maximum Gasteiger partial charge on any atom is 0.347 e. The van der Waals surface area contributed by atoms with E-state index in [1.807, 2.05) is 0 Å². The lowest BCUT2D eigenvalue weighted by atomic mass is 10.3. The van der Waals surface area contributed by atoms with Crippen molar-refractivity contribution in [2.24, 2.45) is 0 Å². The lowest BCUT2D eigenvalue weighted by Gasteiger charge is -1.99. The number of oxazole rings is 1. The molecule has 0 aliphatic rings. The molecule has 0 aliphatic carbocycles. The van der Waals surface area contributed by atoms with Gasteiger partial charge in [0.25, 0.3) is 0 Å². The zero-order valence-corrected chi connectivity index (χ0v) is 9.48. The maximum absolute atomic E-state index is 10.8. The monoisotopic (exact) mass is 256 g/mol. The smallest absolute Gasteiger partial charge is 0.347 e. The molecule has 8 heteroatoms. The second kappa shape index (κ2) is 3.82. The van der Waals surface area contributed by atoms with Gasteiger partial charge in [-0.2, -0.15) is 13.4 Å². The summed E-state index contributed by atoms with van der Waals surface area (Å²) in [7, 11) is -4.47. The molecule has 1 amide bonds. The van der Waals surface area contributed by atoms with Crippen molar-refractivity contribution in [2.45, 2.75) is 12.1 Å². The van der Waals surface area contributed by atoms with Crippen molar-refractivity contribution in [1.82, 2.24) is 4.98 Å². The molecule has 2 rings (SSSR count). The second-order valence-electron chi connectivity index (χ2n) is 3.32. The quantitative estimate of drug-likeness (QED) is 0.776. The minimum absolute atomic E-state index is 0.156. The molecule has 0 spiro atoms. The van der Waals surface area contributed by atoms with Gasteiger partial charge in [-0.25, -0.2) is 0 Å². The van der Waals surface area contributed by atoms with E-state index in [0.717, 1.165) is 0 Å². The number of aromatic nitrogens is 1. The molecule has 2 N–H and O–H groups in total. The second-order valence-corrected chi connectivity index (χ2v) is 4.62. The Hall–Kier alpha value is -1.93. The van der Waals surface area contributed by atoms with Crippen molar-refractivity contribution in [3.05, 3.63) is 18.2 Å². The van der Waals surface area contributed by atoms with Crippen LogP contribution in [0.1, 0.15) is 6.92 Å². The van der Waals surface area contributed by atoms with E-state index >= 15 is 0 Å². The van der Waals surface area contributed by atoms with Gasteiger partial charge in [0.2, 0.25) is 5.91 Å². The number of anilines is 1. The zero-order chi connectivity index (χ0) is 12.6. The van der Waals surface area contributed by atoms with E-state index in [1.54, 1.807) is 6.07 Å². The normalized spacial score (nSPS) is 11.6. The van der Waals surface area contributed by atoms with Crippen LogP contribution >= 0.6 is 0 Å². The Kier molecular flexibility index (Phi) is 2.60. The minimum Gasteiger partial charge on any atom is -0.426 e. The highest BCUT2D eigenvalue weighted by atomic mass is 32.2. The molecule has 0 saturated carbocycles. The lowest BCUT2D eigenvalue weighted by Crippen LogP contribution is -2.05. The van der Waals surface area contributed by atoms with Gasteiger partial charge in [-0.3, -0.25) is 9.35 Å². The van der Waals surface area contributed by atoms with Gasteiger partial charge in [-0.05, 0) is 12.1 Å². The molecule has 0 aliphatic heterocycles. The van der Waals surface area contributed by atoms with Crippen molar-refractivity contribution in [3.63, 3.8) is 0 Å². The Bertz CT molecular complexity index is 688. The molecule has 1 heterocycles. The van der Waals surface area contributed by atoms with Gasteiger partial charge in [0.1, 0.15) is 5.52 Å². The van der Waals surface area contributed by atoms with Crippen LogP contribution in [0.15, 0.2) is 27.8 Å². The predicted molar refractivity (Wildman–Crippen MR) is 58.1 cm³/mol. The fourth-order valence-electron chi connectivity index (χ4n) is 1.29. The number of carbonyl (C=O) groups is 1. The molecule has 0 radical (unpaired) electrons. The largest absolute Gasteiger partial charge is 0.426 e. The number of hydrogen-bond acceptors (Lipinski definition) is 5. The number of benzene rings is 1. The maximum atomic E-state index is 10.8. The van der Waals surface area contributed by atoms with Crippen molar-refractivity contribution < 1.29 is 22.2 Å². The van der Waals surface area contributed by atoms with Crippen LogP contribution in [-0.4, -0.2) is 23.9 Å². The first kappa shape index (κ1) is 11.6. The summed E-state index contributed by atoms with van der Waals surface area (Å²) in [6.45, 7) is 1.34. The third kappa shape index (κ3) is 2.43. The van der Waals surface area contributed by atoms with E-state index in [2.05, 4.69) is 10.3 Å². The highest BCUT2D eigenvalue weighted by Crippen LogP contribution is 2.22. The average molecular weight is 256 g/mol. The molecular formula is C9H8N2O5S. The fraction of sp³-hybridized carbons (Fsp3) is 0.111. The molecule has 0 atom stereocenters. The Morgan fingerprint density at radius 3 is 2.76 bits per heavy atom. The fourth-order valence-corrected chi connectivity index (χ4v) is 1.70. The van der Waals surface area contributed by atoms with Gasteiger partial charge >= 0.3 is 15.3 Å². The Labute approximate surface area is 96.2 Å². The minimum atomic E-state index is -4.47. The van der Waals surface area contributed by atoms with Gasteiger partial charge < -0.3 is 9.73 Å². The van der Waals surface area contributed by atoms with Gasteiger partial charge in [-0.1, -0.05) is 0 Å². The molecular weight excluding hydrogens is 248 g/mol. The Morgan fingerprint density at radius 2 is 2.18 bits per heavy atom. The first-order valence-corrected chi connectivity index (χ1v) is 5.96. The predicted octanol–water partition coefficient (Wildman–Crippen LogP) is 1.03. The topological polar surface area (TPSA) is 110 Å². The SMILES string of the molecule is CC(=O)Nc1ccc2nc(S(=O)(=O)O)oc2c1. The van der Waals surface area contributed by atoms with Gasteiger partial charge in [0.05, 0.1) is 0 Å². The van der Waals surface area contributed by atoms with E-state index in [4.69, 9.17) is 8.97 Å². The number of hydrogen-bond donors (Lipinski definition) is 2. The van der Waals surface area contributed by atoms with Crippen LogP contribution in [0.4, 0.5) is 5.69 Å². The third-order valence-electron chi connectivity index (χ3n) is 1.91. The average Bonchev–Trinajstić information content (AvgIpc) is 2.58. The van der Waals surface area contributed by atoms with Crippen LogP contribution in [0.5, 0.6) is 0 Å². The molecule has 0 unspecified atom stereocenters. The molecule has 0 saturated heterocycles. The van der Waals surface area contributed by atoms with Gasteiger partial charge in [0.15, 0.2) is 5.58 Å². The Balaban J connectivity index is 2.52. The van der Waals surface area contributed by atoms with E-state index in [-0.39, 0.29) is 17.0 Å². The summed E-state index contributed by atoms with van der Waals surface area (Å²) in [6, 6.07) is 4.43. The number of carbonyl (C=O) groups excluding carboxylic acids is 1. The third-order valence-corrected chi connectivity index (χ3v) is 2.53. The molecule has 90 valence electrons. The lowest BCUT2D eigenvalue weighted by molar-refractivity contribution is -0.114. The zero-order valence-electron chi connectivity index (χ0n) is 8.67. The molecule has 17 heavy (non-hydrogen) atoms. The molecule has 7 nitrogen and oxygen atoms in total. The van der Waals surface area contributed by atoms with E-state index in [0.29, 0.717) is 5.69 Å². The van der Waals surface area contributed by atoms with Crippen LogP contribution in [-0.2, 0) is 14.9 Å². The molecule has 2 aromatic rings. The van der Waals surface area contributed by atoms with Crippen molar-refractivity contribution in [2.75, 3.05) is 5.32 Å². The number of fused-ring (bicyclic) bond motifs is 1. The molecule has 1 aromatic heterocycles. The summed E-state index contributed by atoms with van der Waals surface area (Å²) in [5, 5.41) is 1.74. The summed E-state index contributed by atoms with van der Waals surface area (Å²) in [5.74, 6) is -0.265. The summed E-state index contributed by atoms with van der Waals surface area (Å²) in [6.07, 6.45) is 0. The number of amides is 1. The van der Waals surface area contributed by atoms with Crippen LogP contribution in [0.2, 0.25) is 0 Å². The van der Waals surface area contributed by atoms with Crippen LogP contribution in [0.25, 0.3) is 11.1 Å². The highest BCUT2D eigenvalue weighted by molar-refractivity contribution is 7.85. The van der Waals surface area contributed by atoms with Crippen LogP contribution in [0, 0.1) is 0 Å². The van der Waals surface area contributed by atoms with Crippen LogP contribution < -0.4 is 5.32 Å². The van der Waals surface area contributed by atoms with E-state index < -0.39 is 15.3 Å². The summed E-state index contributed by atoms with van der Waals surface area (Å²) >= 11 is 0. The number of nitrogens with zero attached hydrogens (tertiary/aromatic N) is 1. The Morgan fingerprint density at radius 1 is 1.47 bits per heavy atom. The molecule has 0 fully saturated rings. The summed E-state index contributed by atoms with van der Waals surface area (Å²) in [4.78, 5) is 14.4. The van der Waals surface area contributed by atoms with Gasteiger partial charge in [-0.15, -0.1) is 0 Å². The summed E-state index contributed by atoms with van der Waals surface area (Å²) < 4.78 is 35.2. The first-order valence-electron chi connectivity index (χ1n) is 4.52. The van der Waals surface area contributed by atoms with Crippen molar-refractivity contribution in [1.29, 1.82) is 0 Å².